The van der Waals surface area contributed by atoms with Crippen molar-refractivity contribution in [3.63, 3.8) is 0 Å². The van der Waals surface area contributed by atoms with E-state index in [2.05, 4.69) is 22.3 Å². The number of amides is 2. The largest absolute Gasteiger partial charge is 0.359 e. The second-order valence-electron chi connectivity index (χ2n) is 9.14. The fourth-order valence-electron chi connectivity index (χ4n) is 5.31. The Kier molecular flexibility index (Phi) is 6.50. The van der Waals surface area contributed by atoms with Gasteiger partial charge in [0, 0.05) is 50.3 Å². The van der Waals surface area contributed by atoms with Crippen molar-refractivity contribution in [1.82, 2.24) is 15.1 Å². The summed E-state index contributed by atoms with van der Waals surface area (Å²) in [6.07, 6.45) is 2.17. The summed E-state index contributed by atoms with van der Waals surface area (Å²) >= 11 is 12.7. The Labute approximate surface area is 204 Å². The van der Waals surface area contributed by atoms with Gasteiger partial charge in [-0.05, 0) is 48.6 Å². The summed E-state index contributed by atoms with van der Waals surface area (Å²) in [6, 6.07) is 14.1. The van der Waals surface area contributed by atoms with Crippen LogP contribution in [0.3, 0.4) is 0 Å². The normalized spacial score (nSPS) is 23.8. The molecule has 3 aliphatic rings. The van der Waals surface area contributed by atoms with Gasteiger partial charge in [0.15, 0.2) is 0 Å². The second kappa shape index (κ2) is 9.53. The van der Waals surface area contributed by atoms with Crippen LogP contribution in [0.15, 0.2) is 42.5 Å². The summed E-state index contributed by atoms with van der Waals surface area (Å²) in [5, 5.41) is 4.03. The number of carbonyl (C=O) groups is 2. The number of benzene rings is 2. The number of nitrogens with zero attached hydrogens (tertiary/aromatic N) is 3. The van der Waals surface area contributed by atoms with Crippen molar-refractivity contribution in [2.45, 2.75) is 24.8 Å². The topological polar surface area (TPSA) is 55.9 Å². The van der Waals surface area contributed by atoms with Gasteiger partial charge in [0.2, 0.25) is 5.91 Å². The monoisotopic (exact) mass is 486 g/mol. The van der Waals surface area contributed by atoms with E-state index in [0.717, 1.165) is 43.2 Å². The molecule has 2 aromatic rings. The van der Waals surface area contributed by atoms with Gasteiger partial charge in [0.25, 0.3) is 5.91 Å². The SMILES string of the molecule is O=C1CN(c2cccc(C(=O)N3CCN4C[C@@H](c5ccc(Cl)cc5)CC[C@@H]4C3)c2Cl)CCN1. The lowest BCUT2D eigenvalue weighted by molar-refractivity contribution is -0.120. The van der Waals surface area contributed by atoms with Crippen molar-refractivity contribution in [2.75, 3.05) is 50.7 Å². The molecule has 174 valence electrons. The van der Waals surface area contributed by atoms with E-state index >= 15 is 0 Å². The summed E-state index contributed by atoms with van der Waals surface area (Å²) < 4.78 is 0. The highest BCUT2D eigenvalue weighted by atomic mass is 35.5. The molecule has 3 heterocycles. The predicted octanol–water partition coefficient (Wildman–Crippen LogP) is 3.63. The minimum absolute atomic E-state index is 0.0252. The van der Waals surface area contributed by atoms with E-state index in [1.165, 1.54) is 5.56 Å². The lowest BCUT2D eigenvalue weighted by Gasteiger charge is -2.46. The Morgan fingerprint density at radius 2 is 1.79 bits per heavy atom. The van der Waals surface area contributed by atoms with Gasteiger partial charge < -0.3 is 15.1 Å². The number of anilines is 1. The van der Waals surface area contributed by atoms with Crippen molar-refractivity contribution >= 4 is 40.7 Å². The van der Waals surface area contributed by atoms with E-state index in [4.69, 9.17) is 23.2 Å². The standard InChI is InChI=1S/C25H28Cl2N4O2/c26-19-7-4-17(5-8-19)18-6-9-20-15-31(13-12-29(20)14-18)25(33)21-2-1-3-22(24(21)27)30-11-10-28-23(32)16-30/h1-5,7-8,18,20H,6,9-16H2,(H,28,32)/t18-,20+/m0/s1. The van der Waals surface area contributed by atoms with Gasteiger partial charge in [-0.2, -0.15) is 0 Å². The van der Waals surface area contributed by atoms with Crippen molar-refractivity contribution in [3.05, 3.63) is 63.6 Å². The lowest BCUT2D eigenvalue weighted by atomic mass is 9.86. The Morgan fingerprint density at radius 3 is 2.58 bits per heavy atom. The molecule has 3 fully saturated rings. The highest BCUT2D eigenvalue weighted by Crippen LogP contribution is 2.34. The zero-order valence-corrected chi connectivity index (χ0v) is 20.0. The third kappa shape index (κ3) is 4.70. The van der Waals surface area contributed by atoms with Gasteiger partial charge in [-0.15, -0.1) is 0 Å². The average Bonchev–Trinajstić information content (AvgIpc) is 2.83. The van der Waals surface area contributed by atoms with Crippen LogP contribution in [-0.2, 0) is 4.79 Å². The summed E-state index contributed by atoms with van der Waals surface area (Å²) in [5.74, 6) is 0.454. The average molecular weight is 487 g/mol. The smallest absolute Gasteiger partial charge is 0.255 e. The van der Waals surface area contributed by atoms with Crippen LogP contribution >= 0.6 is 23.2 Å². The number of hydrogen-bond acceptors (Lipinski definition) is 4. The minimum Gasteiger partial charge on any atom is -0.359 e. The van der Waals surface area contributed by atoms with Crippen LogP contribution in [-0.4, -0.2) is 73.5 Å². The Bertz CT molecular complexity index is 1050. The molecule has 0 unspecified atom stereocenters. The van der Waals surface area contributed by atoms with E-state index in [1.54, 1.807) is 6.07 Å². The van der Waals surface area contributed by atoms with Gasteiger partial charge >= 0.3 is 0 Å². The fourth-order valence-corrected chi connectivity index (χ4v) is 5.76. The van der Waals surface area contributed by atoms with Crippen LogP contribution in [0.4, 0.5) is 5.69 Å². The van der Waals surface area contributed by atoms with E-state index in [-0.39, 0.29) is 18.4 Å². The molecular formula is C25H28Cl2N4O2. The van der Waals surface area contributed by atoms with Gasteiger partial charge in [0.05, 0.1) is 22.8 Å². The molecule has 1 N–H and O–H groups in total. The third-order valence-electron chi connectivity index (χ3n) is 7.12. The van der Waals surface area contributed by atoms with E-state index < -0.39 is 0 Å². The van der Waals surface area contributed by atoms with Crippen molar-refractivity contribution in [3.8, 4) is 0 Å². The Hall–Kier alpha value is -2.28. The molecule has 5 rings (SSSR count). The number of carbonyl (C=O) groups excluding carboxylic acids is 2. The summed E-state index contributed by atoms with van der Waals surface area (Å²) in [6.45, 7) is 4.80. The van der Waals surface area contributed by atoms with Gasteiger partial charge in [-0.25, -0.2) is 0 Å². The molecule has 8 heteroatoms. The molecule has 0 aromatic heterocycles. The fraction of sp³-hybridized carbons (Fsp3) is 0.440. The van der Waals surface area contributed by atoms with Gasteiger partial charge in [0.1, 0.15) is 0 Å². The van der Waals surface area contributed by atoms with Crippen LogP contribution < -0.4 is 10.2 Å². The Balaban J connectivity index is 1.26. The van der Waals surface area contributed by atoms with Crippen molar-refractivity contribution in [1.29, 1.82) is 0 Å². The molecular weight excluding hydrogens is 459 g/mol. The van der Waals surface area contributed by atoms with Crippen LogP contribution in [0.25, 0.3) is 0 Å². The van der Waals surface area contributed by atoms with Gasteiger partial charge in [-0.1, -0.05) is 41.4 Å². The molecule has 0 aliphatic carbocycles. The van der Waals surface area contributed by atoms with E-state index in [9.17, 15) is 9.59 Å². The first-order valence-corrected chi connectivity index (χ1v) is 12.3. The van der Waals surface area contributed by atoms with Crippen molar-refractivity contribution in [2.24, 2.45) is 0 Å². The first-order valence-electron chi connectivity index (χ1n) is 11.6. The Morgan fingerprint density at radius 1 is 0.970 bits per heavy atom. The quantitative estimate of drug-likeness (QED) is 0.719. The number of fused-ring (bicyclic) bond motifs is 1. The molecule has 0 radical (unpaired) electrons. The molecule has 2 aromatic carbocycles. The predicted molar refractivity (Wildman–Crippen MR) is 131 cm³/mol. The third-order valence-corrected chi connectivity index (χ3v) is 7.77. The maximum Gasteiger partial charge on any atom is 0.255 e. The van der Waals surface area contributed by atoms with Crippen LogP contribution in [0.1, 0.15) is 34.7 Å². The molecule has 0 spiro atoms. The zero-order chi connectivity index (χ0) is 22.9. The van der Waals surface area contributed by atoms with Crippen LogP contribution in [0.2, 0.25) is 10.0 Å². The molecule has 2 atom stereocenters. The van der Waals surface area contributed by atoms with E-state index in [1.807, 2.05) is 34.1 Å². The molecule has 33 heavy (non-hydrogen) atoms. The number of piperidine rings is 1. The summed E-state index contributed by atoms with van der Waals surface area (Å²) in [5.41, 5.74) is 2.61. The zero-order valence-electron chi connectivity index (χ0n) is 18.5. The highest BCUT2D eigenvalue weighted by molar-refractivity contribution is 6.36. The van der Waals surface area contributed by atoms with E-state index in [0.29, 0.717) is 42.2 Å². The van der Waals surface area contributed by atoms with Gasteiger partial charge in [-0.3, -0.25) is 14.5 Å². The van der Waals surface area contributed by atoms with Crippen molar-refractivity contribution < 1.29 is 9.59 Å². The van der Waals surface area contributed by atoms with Crippen LogP contribution in [0.5, 0.6) is 0 Å². The molecule has 6 nitrogen and oxygen atoms in total. The molecule has 3 aliphatic heterocycles. The number of piperazine rings is 2. The molecule has 0 saturated carbocycles. The number of halogens is 2. The van der Waals surface area contributed by atoms with Crippen LogP contribution in [0, 0.1) is 0 Å². The first kappa shape index (κ1) is 22.5. The summed E-state index contributed by atoms with van der Waals surface area (Å²) in [4.78, 5) is 31.6. The molecule has 2 amide bonds. The number of nitrogens with one attached hydrogen (secondary N) is 1. The lowest BCUT2D eigenvalue weighted by Crippen LogP contribution is -2.57. The maximum absolute atomic E-state index is 13.4. The summed E-state index contributed by atoms with van der Waals surface area (Å²) in [7, 11) is 0. The molecule has 0 bridgehead atoms. The minimum atomic E-state index is -0.0284. The second-order valence-corrected chi connectivity index (χ2v) is 9.95. The highest BCUT2D eigenvalue weighted by Gasteiger charge is 2.35. The number of rotatable bonds is 3. The number of hydrogen-bond donors (Lipinski definition) is 1. The first-order chi connectivity index (χ1) is 16.0. The molecule has 3 saturated heterocycles. The maximum atomic E-state index is 13.4.